The van der Waals surface area contributed by atoms with E-state index in [4.69, 9.17) is 5.11 Å². The van der Waals surface area contributed by atoms with Crippen molar-refractivity contribution >= 4 is 27.6 Å². The van der Waals surface area contributed by atoms with Crippen molar-refractivity contribution in [3.63, 3.8) is 0 Å². The summed E-state index contributed by atoms with van der Waals surface area (Å²) in [4.78, 5) is 13.2. The van der Waals surface area contributed by atoms with E-state index in [1.54, 1.807) is 6.08 Å². The first-order valence-corrected chi connectivity index (χ1v) is 6.10. The number of carbonyl (C=O) groups excluding carboxylic acids is 1. The average molecular weight is 317 g/mol. The number of benzene rings is 1. The van der Waals surface area contributed by atoms with Crippen LogP contribution in [0, 0.1) is 5.82 Å². The SMILES string of the molecule is C=CCN(CCO)C(=O)Nc1cc(F)ccc1Br. The molecule has 1 rings (SSSR count). The first-order valence-electron chi connectivity index (χ1n) is 5.31. The second-order valence-electron chi connectivity index (χ2n) is 3.51. The molecule has 0 aliphatic heterocycles. The Morgan fingerprint density at radius 3 is 2.94 bits per heavy atom. The Balaban J connectivity index is 2.78. The Labute approximate surface area is 113 Å². The number of carbonyl (C=O) groups is 1. The van der Waals surface area contributed by atoms with Gasteiger partial charge in [0.05, 0.1) is 12.3 Å². The van der Waals surface area contributed by atoms with Crippen LogP contribution in [0.15, 0.2) is 35.3 Å². The minimum Gasteiger partial charge on any atom is -0.395 e. The highest BCUT2D eigenvalue weighted by Gasteiger charge is 2.13. The van der Waals surface area contributed by atoms with Gasteiger partial charge in [-0.3, -0.25) is 0 Å². The Hall–Kier alpha value is -1.40. The predicted molar refractivity (Wildman–Crippen MR) is 72.0 cm³/mol. The first kappa shape index (κ1) is 14.7. The summed E-state index contributed by atoms with van der Waals surface area (Å²) in [5, 5.41) is 11.4. The van der Waals surface area contributed by atoms with Gasteiger partial charge in [-0.05, 0) is 34.1 Å². The number of aliphatic hydroxyl groups is 1. The van der Waals surface area contributed by atoms with Crippen molar-refractivity contribution in [3.8, 4) is 0 Å². The second kappa shape index (κ2) is 7.13. The van der Waals surface area contributed by atoms with Gasteiger partial charge in [-0.2, -0.15) is 0 Å². The lowest BCUT2D eigenvalue weighted by Gasteiger charge is -2.20. The van der Waals surface area contributed by atoms with E-state index in [1.807, 2.05) is 0 Å². The van der Waals surface area contributed by atoms with Crippen LogP contribution in [-0.2, 0) is 0 Å². The number of aliphatic hydroxyl groups excluding tert-OH is 1. The standard InChI is InChI=1S/C12H14BrFN2O2/c1-2-5-16(6-7-17)12(18)15-11-8-9(14)3-4-10(11)13/h2-4,8,17H,1,5-7H2,(H,15,18). The molecule has 2 N–H and O–H groups in total. The van der Waals surface area contributed by atoms with E-state index in [0.29, 0.717) is 16.7 Å². The van der Waals surface area contributed by atoms with Crippen molar-refractivity contribution in [2.75, 3.05) is 25.0 Å². The number of urea groups is 1. The molecule has 0 radical (unpaired) electrons. The molecule has 0 aliphatic carbocycles. The highest BCUT2D eigenvalue weighted by Crippen LogP contribution is 2.23. The number of halogens is 2. The quantitative estimate of drug-likeness (QED) is 0.820. The van der Waals surface area contributed by atoms with Gasteiger partial charge in [-0.15, -0.1) is 6.58 Å². The van der Waals surface area contributed by atoms with Crippen molar-refractivity contribution in [1.29, 1.82) is 0 Å². The zero-order valence-electron chi connectivity index (χ0n) is 9.70. The van der Waals surface area contributed by atoms with Crippen LogP contribution in [0.3, 0.4) is 0 Å². The number of hydrogen-bond donors (Lipinski definition) is 2. The van der Waals surface area contributed by atoms with Crippen molar-refractivity contribution in [3.05, 3.63) is 41.1 Å². The normalized spacial score (nSPS) is 9.94. The molecule has 0 atom stereocenters. The summed E-state index contributed by atoms with van der Waals surface area (Å²) in [5.74, 6) is -0.439. The van der Waals surface area contributed by atoms with Crippen LogP contribution in [0.25, 0.3) is 0 Å². The number of nitrogens with one attached hydrogen (secondary N) is 1. The molecule has 0 spiro atoms. The van der Waals surface area contributed by atoms with Gasteiger partial charge in [0.1, 0.15) is 5.82 Å². The maximum atomic E-state index is 13.1. The Morgan fingerprint density at radius 1 is 1.61 bits per heavy atom. The van der Waals surface area contributed by atoms with Gasteiger partial charge < -0.3 is 15.3 Å². The van der Waals surface area contributed by atoms with E-state index >= 15 is 0 Å². The molecule has 0 aliphatic rings. The molecular weight excluding hydrogens is 303 g/mol. The van der Waals surface area contributed by atoms with E-state index in [-0.39, 0.29) is 13.2 Å². The van der Waals surface area contributed by atoms with Crippen LogP contribution in [0.1, 0.15) is 0 Å². The summed E-state index contributed by atoms with van der Waals surface area (Å²) in [6.07, 6.45) is 1.55. The Bertz CT molecular complexity index is 440. The summed E-state index contributed by atoms with van der Waals surface area (Å²) < 4.78 is 13.6. The number of nitrogens with zero attached hydrogens (tertiary/aromatic N) is 1. The third-order valence-corrected chi connectivity index (χ3v) is 2.87. The summed E-state index contributed by atoms with van der Waals surface area (Å²) in [5.41, 5.74) is 0.340. The van der Waals surface area contributed by atoms with Gasteiger partial charge in [0.25, 0.3) is 0 Å². The number of rotatable bonds is 5. The summed E-state index contributed by atoms with van der Waals surface area (Å²) >= 11 is 3.22. The lowest BCUT2D eigenvalue weighted by atomic mass is 10.3. The van der Waals surface area contributed by atoms with Crippen LogP contribution in [0.2, 0.25) is 0 Å². The summed E-state index contributed by atoms with van der Waals surface area (Å²) in [6.45, 7) is 3.87. The second-order valence-corrected chi connectivity index (χ2v) is 4.37. The number of amides is 2. The molecule has 0 bridgehead atoms. The minimum atomic E-state index is -0.439. The van der Waals surface area contributed by atoms with Gasteiger partial charge in [0.2, 0.25) is 0 Å². The molecule has 0 saturated carbocycles. The van der Waals surface area contributed by atoms with Gasteiger partial charge in [-0.25, -0.2) is 9.18 Å². The van der Waals surface area contributed by atoms with E-state index in [0.717, 1.165) is 0 Å². The zero-order chi connectivity index (χ0) is 13.5. The van der Waals surface area contributed by atoms with E-state index in [1.165, 1.54) is 23.1 Å². The fourth-order valence-corrected chi connectivity index (χ4v) is 1.69. The van der Waals surface area contributed by atoms with E-state index < -0.39 is 11.8 Å². The van der Waals surface area contributed by atoms with Gasteiger partial charge in [0.15, 0.2) is 0 Å². The summed E-state index contributed by atoms with van der Waals surface area (Å²) in [7, 11) is 0. The molecule has 98 valence electrons. The third kappa shape index (κ3) is 4.12. The highest BCUT2D eigenvalue weighted by atomic mass is 79.9. The zero-order valence-corrected chi connectivity index (χ0v) is 11.3. The van der Waals surface area contributed by atoms with Crippen molar-refractivity contribution in [2.45, 2.75) is 0 Å². The first-order chi connectivity index (χ1) is 8.58. The fourth-order valence-electron chi connectivity index (χ4n) is 1.34. The Morgan fingerprint density at radius 2 is 2.33 bits per heavy atom. The smallest absolute Gasteiger partial charge is 0.322 e. The van der Waals surface area contributed by atoms with Gasteiger partial charge in [-0.1, -0.05) is 6.08 Å². The third-order valence-electron chi connectivity index (χ3n) is 2.18. The molecular formula is C12H14BrFN2O2. The molecule has 0 fully saturated rings. The summed E-state index contributed by atoms with van der Waals surface area (Å²) in [6, 6.07) is 3.59. The molecule has 1 aromatic carbocycles. The molecule has 0 saturated heterocycles. The largest absolute Gasteiger partial charge is 0.395 e. The van der Waals surface area contributed by atoms with Crippen LogP contribution < -0.4 is 5.32 Å². The van der Waals surface area contributed by atoms with E-state index in [2.05, 4.69) is 27.8 Å². The molecule has 0 unspecified atom stereocenters. The van der Waals surface area contributed by atoms with Crippen LogP contribution in [0.4, 0.5) is 14.9 Å². The topological polar surface area (TPSA) is 52.6 Å². The maximum absolute atomic E-state index is 13.1. The molecule has 6 heteroatoms. The lowest BCUT2D eigenvalue weighted by molar-refractivity contribution is 0.195. The highest BCUT2D eigenvalue weighted by molar-refractivity contribution is 9.10. The van der Waals surface area contributed by atoms with Gasteiger partial charge in [0, 0.05) is 17.6 Å². The van der Waals surface area contributed by atoms with Crippen LogP contribution in [0.5, 0.6) is 0 Å². The monoisotopic (exact) mass is 316 g/mol. The van der Waals surface area contributed by atoms with Crippen molar-refractivity contribution in [1.82, 2.24) is 4.90 Å². The van der Waals surface area contributed by atoms with Crippen LogP contribution in [-0.4, -0.2) is 35.7 Å². The molecule has 1 aromatic rings. The Kier molecular flexibility index (Phi) is 5.80. The van der Waals surface area contributed by atoms with Crippen molar-refractivity contribution < 1.29 is 14.3 Å². The predicted octanol–water partition coefficient (Wildman–Crippen LogP) is 2.60. The molecule has 4 nitrogen and oxygen atoms in total. The van der Waals surface area contributed by atoms with E-state index in [9.17, 15) is 9.18 Å². The minimum absolute atomic E-state index is 0.147. The fraction of sp³-hybridized carbons (Fsp3) is 0.250. The lowest BCUT2D eigenvalue weighted by Crippen LogP contribution is -2.37. The number of hydrogen-bond acceptors (Lipinski definition) is 2. The molecule has 18 heavy (non-hydrogen) atoms. The maximum Gasteiger partial charge on any atom is 0.322 e. The van der Waals surface area contributed by atoms with Crippen LogP contribution >= 0.6 is 15.9 Å². The molecule has 2 amide bonds. The average Bonchev–Trinajstić information content (AvgIpc) is 2.33. The van der Waals surface area contributed by atoms with Gasteiger partial charge >= 0.3 is 6.03 Å². The molecule has 0 aromatic heterocycles. The number of anilines is 1. The van der Waals surface area contributed by atoms with Crippen molar-refractivity contribution in [2.24, 2.45) is 0 Å². The molecule has 0 heterocycles.